The molecular weight excluding hydrogens is 235 g/mol. The molecule has 0 unspecified atom stereocenters. The summed E-state index contributed by atoms with van der Waals surface area (Å²) in [4.78, 5) is 13.8. The quantitative estimate of drug-likeness (QED) is 0.852. The number of hydrogen-bond donors (Lipinski definition) is 1. The number of carbonyl (C=O) groups excluding carboxylic acids is 1. The molecule has 1 fully saturated rings. The van der Waals surface area contributed by atoms with Crippen molar-refractivity contribution in [3.63, 3.8) is 0 Å². The summed E-state index contributed by atoms with van der Waals surface area (Å²) in [6.07, 6.45) is -0.157. The van der Waals surface area contributed by atoms with Crippen molar-refractivity contribution in [3.05, 3.63) is 35.1 Å². The van der Waals surface area contributed by atoms with Gasteiger partial charge in [-0.3, -0.25) is 4.79 Å². The van der Waals surface area contributed by atoms with Crippen molar-refractivity contribution in [3.8, 4) is 0 Å². The van der Waals surface area contributed by atoms with Gasteiger partial charge >= 0.3 is 0 Å². The minimum absolute atomic E-state index is 0.118. The molecular formula is C13H17FN2O2. The van der Waals surface area contributed by atoms with Gasteiger partial charge in [-0.2, -0.15) is 0 Å². The molecule has 1 aliphatic rings. The first kappa shape index (κ1) is 13.0. The molecule has 1 saturated heterocycles. The van der Waals surface area contributed by atoms with E-state index < -0.39 is 5.82 Å². The van der Waals surface area contributed by atoms with Gasteiger partial charge in [-0.25, -0.2) is 4.39 Å². The van der Waals surface area contributed by atoms with E-state index >= 15 is 0 Å². The fourth-order valence-electron chi connectivity index (χ4n) is 2.02. The van der Waals surface area contributed by atoms with E-state index in [-0.39, 0.29) is 17.6 Å². The molecule has 2 rings (SSSR count). The number of benzene rings is 1. The van der Waals surface area contributed by atoms with Crippen molar-refractivity contribution in [2.75, 3.05) is 26.2 Å². The minimum Gasteiger partial charge on any atom is -0.373 e. The number of nitrogens with two attached hydrogens (primary N) is 1. The highest BCUT2D eigenvalue weighted by Gasteiger charge is 2.25. The molecule has 1 amide bonds. The summed E-state index contributed by atoms with van der Waals surface area (Å²) in [5.41, 5.74) is 6.50. The molecule has 2 N–H and O–H groups in total. The highest BCUT2D eigenvalue weighted by molar-refractivity contribution is 5.94. The highest BCUT2D eigenvalue weighted by atomic mass is 19.1. The van der Waals surface area contributed by atoms with Gasteiger partial charge in [0.15, 0.2) is 0 Å². The molecule has 0 spiro atoms. The summed E-state index contributed by atoms with van der Waals surface area (Å²) < 4.78 is 19.0. The topological polar surface area (TPSA) is 55.6 Å². The molecule has 0 aromatic heterocycles. The zero-order valence-corrected chi connectivity index (χ0v) is 10.4. The monoisotopic (exact) mass is 252 g/mol. The number of carbonyl (C=O) groups is 1. The maximum Gasteiger partial charge on any atom is 0.257 e. The van der Waals surface area contributed by atoms with Crippen LogP contribution in [0.15, 0.2) is 18.2 Å². The lowest BCUT2D eigenvalue weighted by Crippen LogP contribution is -2.48. The van der Waals surface area contributed by atoms with Crippen LogP contribution < -0.4 is 5.73 Å². The average Bonchev–Trinajstić information content (AvgIpc) is 2.41. The lowest BCUT2D eigenvalue weighted by Gasteiger charge is -2.32. The number of ether oxygens (including phenoxy) is 1. The van der Waals surface area contributed by atoms with Gasteiger partial charge in [0.25, 0.3) is 5.91 Å². The van der Waals surface area contributed by atoms with Gasteiger partial charge in [-0.05, 0) is 19.1 Å². The fraction of sp³-hybridized carbons (Fsp3) is 0.462. The Morgan fingerprint density at radius 1 is 1.61 bits per heavy atom. The molecule has 0 bridgehead atoms. The van der Waals surface area contributed by atoms with Crippen LogP contribution in [0.4, 0.5) is 4.39 Å². The van der Waals surface area contributed by atoms with Crippen LogP contribution in [0.5, 0.6) is 0 Å². The number of nitrogens with zero attached hydrogens (tertiary/aromatic N) is 1. The molecule has 18 heavy (non-hydrogen) atoms. The Labute approximate surface area is 106 Å². The number of hydrogen-bond acceptors (Lipinski definition) is 3. The highest BCUT2D eigenvalue weighted by Crippen LogP contribution is 2.15. The Kier molecular flexibility index (Phi) is 3.93. The van der Waals surface area contributed by atoms with Crippen LogP contribution in [0, 0.1) is 12.7 Å². The van der Waals surface area contributed by atoms with Gasteiger partial charge in [-0.15, -0.1) is 0 Å². The largest absolute Gasteiger partial charge is 0.373 e. The zero-order chi connectivity index (χ0) is 13.1. The van der Waals surface area contributed by atoms with E-state index in [4.69, 9.17) is 10.5 Å². The first-order valence-corrected chi connectivity index (χ1v) is 5.99. The molecule has 98 valence electrons. The standard InChI is InChI=1S/C13H17FN2O2/c1-9-2-3-12(14)11(6-9)13(17)16-4-5-18-10(7-15)8-16/h2-3,6,10H,4-5,7-8,15H2,1H3/t10-/m0/s1. The lowest BCUT2D eigenvalue weighted by atomic mass is 10.1. The smallest absolute Gasteiger partial charge is 0.257 e. The van der Waals surface area contributed by atoms with Crippen LogP contribution in [0.2, 0.25) is 0 Å². The normalized spacial score (nSPS) is 19.9. The number of amides is 1. The van der Waals surface area contributed by atoms with Crippen molar-refractivity contribution in [2.45, 2.75) is 13.0 Å². The molecule has 1 aromatic rings. The Hall–Kier alpha value is -1.46. The lowest BCUT2D eigenvalue weighted by molar-refractivity contribution is -0.0169. The minimum atomic E-state index is -0.485. The summed E-state index contributed by atoms with van der Waals surface area (Å²) in [6.45, 7) is 3.53. The van der Waals surface area contributed by atoms with Crippen LogP contribution in [0.25, 0.3) is 0 Å². The van der Waals surface area contributed by atoms with Crippen LogP contribution in [-0.2, 0) is 4.74 Å². The second-order valence-electron chi connectivity index (χ2n) is 4.46. The predicted molar refractivity (Wildman–Crippen MR) is 65.8 cm³/mol. The second-order valence-corrected chi connectivity index (χ2v) is 4.46. The summed E-state index contributed by atoms with van der Waals surface area (Å²) in [5.74, 6) is -0.778. The molecule has 1 heterocycles. The maximum atomic E-state index is 13.7. The van der Waals surface area contributed by atoms with Gasteiger partial charge in [0.2, 0.25) is 0 Å². The molecule has 0 radical (unpaired) electrons. The van der Waals surface area contributed by atoms with Crippen molar-refractivity contribution >= 4 is 5.91 Å². The van der Waals surface area contributed by atoms with E-state index in [2.05, 4.69) is 0 Å². The molecule has 1 aliphatic heterocycles. The van der Waals surface area contributed by atoms with Crippen molar-refractivity contribution in [1.82, 2.24) is 4.90 Å². The summed E-state index contributed by atoms with van der Waals surface area (Å²) in [5, 5.41) is 0. The van der Waals surface area contributed by atoms with Crippen LogP contribution >= 0.6 is 0 Å². The molecule has 5 heteroatoms. The van der Waals surface area contributed by atoms with Gasteiger partial charge in [0, 0.05) is 19.6 Å². The van der Waals surface area contributed by atoms with Gasteiger partial charge in [0.05, 0.1) is 18.3 Å². The van der Waals surface area contributed by atoms with Gasteiger partial charge in [-0.1, -0.05) is 11.6 Å². The third-order valence-corrected chi connectivity index (χ3v) is 3.04. The predicted octanol–water partition coefficient (Wildman–Crippen LogP) is 0.934. The van der Waals surface area contributed by atoms with E-state index in [9.17, 15) is 9.18 Å². The van der Waals surface area contributed by atoms with E-state index in [1.807, 2.05) is 6.92 Å². The number of morpholine rings is 1. The molecule has 1 aromatic carbocycles. The van der Waals surface area contributed by atoms with Crippen molar-refractivity contribution in [2.24, 2.45) is 5.73 Å². The van der Waals surface area contributed by atoms with Gasteiger partial charge < -0.3 is 15.4 Å². The van der Waals surface area contributed by atoms with E-state index in [1.54, 1.807) is 17.0 Å². The number of rotatable bonds is 2. The summed E-state index contributed by atoms with van der Waals surface area (Å²) >= 11 is 0. The molecule has 0 aliphatic carbocycles. The third-order valence-electron chi connectivity index (χ3n) is 3.04. The van der Waals surface area contributed by atoms with Crippen molar-refractivity contribution < 1.29 is 13.9 Å². The number of aryl methyl sites for hydroxylation is 1. The Balaban J connectivity index is 2.17. The third kappa shape index (κ3) is 2.68. The van der Waals surface area contributed by atoms with E-state index in [0.717, 1.165) is 5.56 Å². The Bertz CT molecular complexity index is 451. The fourth-order valence-corrected chi connectivity index (χ4v) is 2.02. The zero-order valence-electron chi connectivity index (χ0n) is 10.4. The summed E-state index contributed by atoms with van der Waals surface area (Å²) in [7, 11) is 0. The Morgan fingerprint density at radius 2 is 2.39 bits per heavy atom. The average molecular weight is 252 g/mol. The first-order valence-electron chi connectivity index (χ1n) is 5.99. The van der Waals surface area contributed by atoms with E-state index in [0.29, 0.717) is 26.2 Å². The first-order chi connectivity index (χ1) is 8.61. The van der Waals surface area contributed by atoms with Gasteiger partial charge in [0.1, 0.15) is 5.82 Å². The molecule has 1 atom stereocenters. The van der Waals surface area contributed by atoms with Crippen LogP contribution in [-0.4, -0.2) is 43.2 Å². The van der Waals surface area contributed by atoms with Crippen LogP contribution in [0.3, 0.4) is 0 Å². The molecule has 0 saturated carbocycles. The Morgan fingerprint density at radius 3 is 3.11 bits per heavy atom. The number of halogens is 1. The second kappa shape index (κ2) is 5.46. The molecule has 4 nitrogen and oxygen atoms in total. The SMILES string of the molecule is Cc1ccc(F)c(C(=O)N2CCO[C@@H](CN)C2)c1. The van der Waals surface area contributed by atoms with Crippen molar-refractivity contribution in [1.29, 1.82) is 0 Å². The van der Waals surface area contributed by atoms with E-state index in [1.165, 1.54) is 6.07 Å². The maximum absolute atomic E-state index is 13.7. The summed E-state index contributed by atoms with van der Waals surface area (Å²) in [6, 6.07) is 4.54. The van der Waals surface area contributed by atoms with Crippen LogP contribution in [0.1, 0.15) is 15.9 Å².